The number of phenolic OH excluding ortho intramolecular Hbond substituents is 1. The highest BCUT2D eigenvalue weighted by Gasteiger charge is 2.17. The molecule has 3 N–H and O–H groups in total. The van der Waals surface area contributed by atoms with Gasteiger partial charge in [0.25, 0.3) is 0 Å². The molecule has 0 fully saturated rings. The predicted molar refractivity (Wildman–Crippen MR) is 65.4 cm³/mol. The standard InChI is InChI=1S/C12H13N3O3/c1-2-15-8(7-11(13)14-15)12(17)18-10-6-4-3-5-9(10)16/h3-7,16H,2H2,1H3,(H2,13,14). The van der Waals surface area contributed by atoms with E-state index in [-0.39, 0.29) is 23.0 Å². The second kappa shape index (κ2) is 4.79. The number of carbonyl (C=O) groups excluding carboxylic acids is 1. The van der Waals surface area contributed by atoms with Crippen molar-refractivity contribution in [2.45, 2.75) is 13.5 Å². The van der Waals surface area contributed by atoms with Gasteiger partial charge < -0.3 is 15.6 Å². The van der Waals surface area contributed by atoms with Crippen LogP contribution in [-0.4, -0.2) is 20.9 Å². The summed E-state index contributed by atoms with van der Waals surface area (Å²) in [6.45, 7) is 2.34. The van der Waals surface area contributed by atoms with E-state index in [0.29, 0.717) is 6.54 Å². The van der Waals surface area contributed by atoms with Gasteiger partial charge in [-0.3, -0.25) is 4.68 Å². The lowest BCUT2D eigenvalue weighted by molar-refractivity contribution is 0.0716. The van der Waals surface area contributed by atoms with Crippen molar-refractivity contribution in [3.63, 3.8) is 0 Å². The lowest BCUT2D eigenvalue weighted by Crippen LogP contribution is -2.15. The molecule has 0 amide bonds. The minimum atomic E-state index is -0.609. The van der Waals surface area contributed by atoms with E-state index >= 15 is 0 Å². The van der Waals surface area contributed by atoms with Crippen LogP contribution in [-0.2, 0) is 6.54 Å². The van der Waals surface area contributed by atoms with E-state index in [2.05, 4.69) is 5.10 Å². The maximum absolute atomic E-state index is 11.9. The third-order valence-corrected chi connectivity index (χ3v) is 2.38. The van der Waals surface area contributed by atoms with Crippen LogP contribution in [0.2, 0.25) is 0 Å². The molecule has 2 aromatic rings. The van der Waals surface area contributed by atoms with E-state index < -0.39 is 5.97 Å². The van der Waals surface area contributed by atoms with Crippen LogP contribution in [0.1, 0.15) is 17.4 Å². The first-order valence-corrected chi connectivity index (χ1v) is 5.45. The van der Waals surface area contributed by atoms with Crippen molar-refractivity contribution in [1.29, 1.82) is 0 Å². The summed E-state index contributed by atoms with van der Waals surface area (Å²) < 4.78 is 6.52. The predicted octanol–water partition coefficient (Wildman–Crippen LogP) is 1.41. The lowest BCUT2D eigenvalue weighted by atomic mass is 10.3. The number of hydrogen-bond donors (Lipinski definition) is 2. The van der Waals surface area contributed by atoms with E-state index in [0.717, 1.165) is 0 Å². The molecule has 94 valence electrons. The van der Waals surface area contributed by atoms with Crippen molar-refractivity contribution in [3.05, 3.63) is 36.0 Å². The highest BCUT2D eigenvalue weighted by atomic mass is 16.5. The summed E-state index contributed by atoms with van der Waals surface area (Å²) in [5.74, 6) is -0.352. The van der Waals surface area contributed by atoms with Gasteiger partial charge in [0.2, 0.25) is 0 Å². The largest absolute Gasteiger partial charge is 0.504 e. The number of aromatic hydroxyl groups is 1. The number of nitrogens with zero attached hydrogens (tertiary/aromatic N) is 2. The maximum atomic E-state index is 11.9. The van der Waals surface area contributed by atoms with Crippen molar-refractivity contribution in [3.8, 4) is 11.5 Å². The summed E-state index contributed by atoms with van der Waals surface area (Å²) in [6.07, 6.45) is 0. The van der Waals surface area contributed by atoms with Crippen LogP contribution in [0.5, 0.6) is 11.5 Å². The quantitative estimate of drug-likeness (QED) is 0.632. The number of carbonyl (C=O) groups is 1. The second-order valence-corrected chi connectivity index (χ2v) is 3.63. The normalized spacial score (nSPS) is 10.3. The Morgan fingerprint density at radius 1 is 1.50 bits per heavy atom. The molecule has 6 heteroatoms. The van der Waals surface area contributed by atoms with Crippen LogP contribution < -0.4 is 10.5 Å². The van der Waals surface area contributed by atoms with Gasteiger partial charge in [-0.2, -0.15) is 5.10 Å². The molecule has 1 aromatic heterocycles. The number of aryl methyl sites for hydroxylation is 1. The topological polar surface area (TPSA) is 90.4 Å². The number of phenols is 1. The molecule has 0 aliphatic carbocycles. The van der Waals surface area contributed by atoms with Gasteiger partial charge in [0, 0.05) is 12.6 Å². The van der Waals surface area contributed by atoms with Crippen LogP contribution in [0.3, 0.4) is 0 Å². The molecule has 0 saturated carbocycles. The minimum absolute atomic E-state index is 0.0959. The average molecular weight is 247 g/mol. The summed E-state index contributed by atoms with van der Waals surface area (Å²) in [5, 5.41) is 13.5. The summed E-state index contributed by atoms with van der Waals surface area (Å²) in [5.41, 5.74) is 5.78. The van der Waals surface area contributed by atoms with Gasteiger partial charge in [0.15, 0.2) is 11.5 Å². The highest BCUT2D eigenvalue weighted by molar-refractivity contribution is 5.90. The fourth-order valence-corrected chi connectivity index (χ4v) is 1.54. The number of nitrogen functional groups attached to an aromatic ring is 1. The third-order valence-electron chi connectivity index (χ3n) is 2.38. The van der Waals surface area contributed by atoms with E-state index in [1.165, 1.54) is 22.9 Å². The number of hydrogen-bond acceptors (Lipinski definition) is 5. The van der Waals surface area contributed by atoms with Crippen LogP contribution in [0.4, 0.5) is 5.82 Å². The molecule has 1 heterocycles. The van der Waals surface area contributed by atoms with E-state index in [4.69, 9.17) is 10.5 Å². The van der Waals surface area contributed by atoms with Crippen molar-refractivity contribution < 1.29 is 14.6 Å². The smallest absolute Gasteiger partial charge is 0.362 e. The first-order chi connectivity index (χ1) is 8.61. The molecule has 0 aliphatic heterocycles. The van der Waals surface area contributed by atoms with Crippen molar-refractivity contribution in [2.24, 2.45) is 0 Å². The number of nitrogens with two attached hydrogens (primary N) is 1. The number of aromatic nitrogens is 2. The van der Waals surface area contributed by atoms with Gasteiger partial charge in [-0.25, -0.2) is 4.79 Å². The number of ether oxygens (including phenoxy) is 1. The van der Waals surface area contributed by atoms with Crippen molar-refractivity contribution in [1.82, 2.24) is 9.78 Å². The molecule has 0 atom stereocenters. The molecule has 0 unspecified atom stereocenters. The molecule has 1 aromatic carbocycles. The molecule has 2 rings (SSSR count). The molecular formula is C12H13N3O3. The first kappa shape index (κ1) is 12.0. The molecule has 0 saturated heterocycles. The number of rotatable bonds is 3. The second-order valence-electron chi connectivity index (χ2n) is 3.63. The fraction of sp³-hybridized carbons (Fsp3) is 0.167. The van der Waals surface area contributed by atoms with Crippen LogP contribution in [0, 0.1) is 0 Å². The minimum Gasteiger partial charge on any atom is -0.504 e. The zero-order valence-electron chi connectivity index (χ0n) is 9.83. The molecule has 0 spiro atoms. The van der Waals surface area contributed by atoms with Gasteiger partial charge in [-0.15, -0.1) is 0 Å². The van der Waals surface area contributed by atoms with E-state index in [1.807, 2.05) is 6.92 Å². The zero-order chi connectivity index (χ0) is 13.1. The Balaban J connectivity index is 2.25. The Kier molecular flexibility index (Phi) is 3.18. The molecule has 6 nitrogen and oxygen atoms in total. The van der Waals surface area contributed by atoms with Crippen molar-refractivity contribution >= 4 is 11.8 Å². The van der Waals surface area contributed by atoms with Gasteiger partial charge >= 0.3 is 5.97 Å². The first-order valence-electron chi connectivity index (χ1n) is 5.45. The Labute approximate surface area is 104 Å². The Morgan fingerprint density at radius 3 is 2.89 bits per heavy atom. The molecule has 0 radical (unpaired) electrons. The summed E-state index contributed by atoms with van der Waals surface area (Å²) in [6, 6.07) is 7.68. The monoisotopic (exact) mass is 247 g/mol. The number of benzene rings is 1. The SMILES string of the molecule is CCn1nc(N)cc1C(=O)Oc1ccccc1O. The van der Waals surface area contributed by atoms with E-state index in [9.17, 15) is 9.90 Å². The van der Waals surface area contributed by atoms with Gasteiger partial charge in [-0.05, 0) is 19.1 Å². The maximum Gasteiger partial charge on any atom is 0.362 e. The Hall–Kier alpha value is -2.50. The molecular weight excluding hydrogens is 234 g/mol. The highest BCUT2D eigenvalue weighted by Crippen LogP contribution is 2.25. The number of esters is 1. The zero-order valence-corrected chi connectivity index (χ0v) is 9.83. The van der Waals surface area contributed by atoms with Crippen LogP contribution in [0.15, 0.2) is 30.3 Å². The summed E-state index contributed by atoms with van der Waals surface area (Å²) >= 11 is 0. The van der Waals surface area contributed by atoms with Crippen LogP contribution in [0.25, 0.3) is 0 Å². The average Bonchev–Trinajstić information content (AvgIpc) is 2.73. The van der Waals surface area contributed by atoms with Gasteiger partial charge in [0.1, 0.15) is 11.5 Å². The summed E-state index contributed by atoms with van der Waals surface area (Å²) in [7, 11) is 0. The van der Waals surface area contributed by atoms with Gasteiger partial charge in [-0.1, -0.05) is 12.1 Å². The molecule has 18 heavy (non-hydrogen) atoms. The lowest BCUT2D eigenvalue weighted by Gasteiger charge is -2.06. The molecule has 0 bridgehead atoms. The third kappa shape index (κ3) is 2.27. The Morgan fingerprint density at radius 2 is 2.22 bits per heavy atom. The van der Waals surface area contributed by atoms with E-state index in [1.54, 1.807) is 12.1 Å². The van der Waals surface area contributed by atoms with Gasteiger partial charge in [0.05, 0.1) is 0 Å². The van der Waals surface area contributed by atoms with Crippen molar-refractivity contribution in [2.75, 3.05) is 5.73 Å². The number of para-hydroxylation sites is 2. The Bertz CT molecular complexity index is 578. The number of anilines is 1. The molecule has 0 aliphatic rings. The van der Waals surface area contributed by atoms with Crippen LogP contribution >= 0.6 is 0 Å². The fourth-order valence-electron chi connectivity index (χ4n) is 1.54. The summed E-state index contributed by atoms with van der Waals surface area (Å²) in [4.78, 5) is 11.9.